The Morgan fingerprint density at radius 1 is 1.35 bits per heavy atom. The molecule has 0 amide bonds. The maximum Gasteiger partial charge on any atom is 0.273 e. The van der Waals surface area contributed by atoms with Gasteiger partial charge in [-0.05, 0) is 40.8 Å². The number of benzene rings is 1. The van der Waals surface area contributed by atoms with Crippen LogP contribution in [0.5, 0.6) is 5.75 Å². The van der Waals surface area contributed by atoms with E-state index < -0.39 is 4.92 Å². The zero-order valence-electron chi connectivity index (χ0n) is 8.84. The Balaban J connectivity index is 2.51. The lowest BCUT2D eigenvalue weighted by molar-refractivity contribution is -0.384. The Bertz CT molecular complexity index is 568. The first-order valence-electron chi connectivity index (χ1n) is 4.70. The van der Waals surface area contributed by atoms with E-state index in [0.29, 0.717) is 5.75 Å². The van der Waals surface area contributed by atoms with Crippen LogP contribution in [0, 0.1) is 13.0 Å². The van der Waals surface area contributed by atoms with Gasteiger partial charge < -0.3 is 4.74 Å². The smallest absolute Gasteiger partial charge is 0.273 e. The SMILES string of the molecule is COc1cc([N+](=O)[O-])ccc1-c1ccc(I)s1. The van der Waals surface area contributed by atoms with Crippen molar-refractivity contribution in [3.05, 3.63) is 43.3 Å². The normalized spacial score (nSPS) is 10.2. The van der Waals surface area contributed by atoms with E-state index in [1.54, 1.807) is 17.4 Å². The first-order valence-corrected chi connectivity index (χ1v) is 6.59. The largest absolute Gasteiger partial charge is 0.496 e. The summed E-state index contributed by atoms with van der Waals surface area (Å²) in [6.07, 6.45) is 0. The highest BCUT2D eigenvalue weighted by Crippen LogP contribution is 2.37. The number of hydrogen-bond acceptors (Lipinski definition) is 4. The summed E-state index contributed by atoms with van der Waals surface area (Å²) >= 11 is 3.86. The number of nitro groups is 1. The van der Waals surface area contributed by atoms with E-state index in [2.05, 4.69) is 22.6 Å². The number of thiophene rings is 1. The highest BCUT2D eigenvalue weighted by molar-refractivity contribution is 14.1. The minimum atomic E-state index is -0.426. The van der Waals surface area contributed by atoms with Crippen LogP contribution < -0.4 is 4.74 Å². The third-order valence-corrected chi connectivity index (χ3v) is 4.16. The lowest BCUT2D eigenvalue weighted by atomic mass is 10.1. The lowest BCUT2D eigenvalue weighted by Gasteiger charge is -2.05. The molecule has 4 nitrogen and oxygen atoms in total. The first-order chi connectivity index (χ1) is 8.11. The zero-order valence-corrected chi connectivity index (χ0v) is 11.8. The first kappa shape index (κ1) is 12.3. The van der Waals surface area contributed by atoms with E-state index in [-0.39, 0.29) is 5.69 Å². The summed E-state index contributed by atoms with van der Waals surface area (Å²) in [5.41, 5.74) is 0.919. The van der Waals surface area contributed by atoms with Crippen LogP contribution in [-0.2, 0) is 0 Å². The third-order valence-electron chi connectivity index (χ3n) is 2.23. The molecule has 1 aromatic carbocycles. The van der Waals surface area contributed by atoms with Gasteiger partial charge in [-0.25, -0.2) is 0 Å². The van der Waals surface area contributed by atoms with E-state index in [1.807, 2.05) is 12.1 Å². The molecule has 6 heteroatoms. The van der Waals surface area contributed by atoms with Gasteiger partial charge in [0.05, 0.1) is 21.0 Å². The molecule has 0 atom stereocenters. The Morgan fingerprint density at radius 3 is 2.65 bits per heavy atom. The molecule has 2 aromatic rings. The molecular weight excluding hydrogens is 353 g/mol. The van der Waals surface area contributed by atoms with Crippen LogP contribution >= 0.6 is 33.9 Å². The number of rotatable bonds is 3. The maximum absolute atomic E-state index is 10.7. The second-order valence-corrected chi connectivity index (χ2v) is 6.22. The van der Waals surface area contributed by atoms with Crippen LogP contribution in [0.25, 0.3) is 10.4 Å². The van der Waals surface area contributed by atoms with Crippen molar-refractivity contribution in [2.45, 2.75) is 0 Å². The number of ether oxygens (including phenoxy) is 1. The Morgan fingerprint density at radius 2 is 2.12 bits per heavy atom. The van der Waals surface area contributed by atoms with Crippen molar-refractivity contribution < 1.29 is 9.66 Å². The molecule has 0 fully saturated rings. The molecule has 0 aliphatic heterocycles. The second-order valence-electron chi connectivity index (χ2n) is 3.25. The predicted octanol–water partition coefficient (Wildman–Crippen LogP) is 3.94. The average Bonchev–Trinajstić information content (AvgIpc) is 2.74. The maximum atomic E-state index is 10.7. The summed E-state index contributed by atoms with van der Waals surface area (Å²) in [7, 11) is 1.52. The van der Waals surface area contributed by atoms with Crippen molar-refractivity contribution in [3.8, 4) is 16.2 Å². The monoisotopic (exact) mass is 361 g/mol. The topological polar surface area (TPSA) is 52.4 Å². The summed E-state index contributed by atoms with van der Waals surface area (Å²) in [6.45, 7) is 0. The van der Waals surface area contributed by atoms with Crippen LogP contribution in [0.3, 0.4) is 0 Å². The van der Waals surface area contributed by atoms with Gasteiger partial charge in [0, 0.05) is 16.5 Å². The molecule has 0 saturated carbocycles. The highest BCUT2D eigenvalue weighted by Gasteiger charge is 2.13. The molecule has 2 rings (SSSR count). The molecule has 0 radical (unpaired) electrons. The fraction of sp³-hybridized carbons (Fsp3) is 0.0909. The fourth-order valence-corrected chi connectivity index (χ4v) is 3.11. The van der Waals surface area contributed by atoms with E-state index in [0.717, 1.165) is 13.3 Å². The number of methoxy groups -OCH3 is 1. The molecule has 0 bridgehead atoms. The van der Waals surface area contributed by atoms with E-state index >= 15 is 0 Å². The van der Waals surface area contributed by atoms with Gasteiger partial charge in [0.2, 0.25) is 0 Å². The molecule has 88 valence electrons. The summed E-state index contributed by atoms with van der Waals surface area (Å²) in [6, 6.07) is 8.64. The number of nitrogens with zero attached hydrogens (tertiary/aromatic N) is 1. The molecular formula is C11H8INO3S. The van der Waals surface area contributed by atoms with Crippen molar-refractivity contribution in [1.82, 2.24) is 0 Å². The predicted molar refractivity (Wildman–Crippen MR) is 75.7 cm³/mol. The zero-order chi connectivity index (χ0) is 12.4. The van der Waals surface area contributed by atoms with Crippen molar-refractivity contribution in [2.75, 3.05) is 7.11 Å². The third kappa shape index (κ3) is 2.58. The molecule has 0 aliphatic rings. The quantitative estimate of drug-likeness (QED) is 0.473. The van der Waals surface area contributed by atoms with Gasteiger partial charge in [-0.15, -0.1) is 11.3 Å². The van der Waals surface area contributed by atoms with E-state index in [9.17, 15) is 10.1 Å². The molecule has 0 N–H and O–H groups in total. The molecule has 0 spiro atoms. The number of non-ortho nitro benzene ring substituents is 1. The summed E-state index contributed by atoms with van der Waals surface area (Å²) in [5, 5.41) is 10.7. The van der Waals surface area contributed by atoms with Crippen molar-refractivity contribution in [2.24, 2.45) is 0 Å². The molecule has 0 aliphatic carbocycles. The standard InChI is InChI=1S/C11H8INO3S/c1-16-9-6-7(13(14)15)2-3-8(9)10-4-5-11(12)17-10/h2-6H,1H3. The molecule has 1 aromatic heterocycles. The fourth-order valence-electron chi connectivity index (χ4n) is 1.46. The van der Waals surface area contributed by atoms with Crippen LogP contribution in [-0.4, -0.2) is 12.0 Å². The number of nitro benzene ring substituents is 1. The Labute approximate surface area is 116 Å². The Hall–Kier alpha value is -1.15. The van der Waals surface area contributed by atoms with Gasteiger partial charge in [-0.3, -0.25) is 10.1 Å². The minimum Gasteiger partial charge on any atom is -0.496 e. The average molecular weight is 361 g/mol. The van der Waals surface area contributed by atoms with Crippen LogP contribution in [0.1, 0.15) is 0 Å². The van der Waals surface area contributed by atoms with Gasteiger partial charge in [0.1, 0.15) is 5.75 Å². The number of hydrogen-bond donors (Lipinski definition) is 0. The second kappa shape index (κ2) is 5.01. The van der Waals surface area contributed by atoms with Gasteiger partial charge >= 0.3 is 0 Å². The summed E-state index contributed by atoms with van der Waals surface area (Å²) in [4.78, 5) is 11.3. The van der Waals surface area contributed by atoms with Gasteiger partial charge in [-0.2, -0.15) is 0 Å². The lowest BCUT2D eigenvalue weighted by Crippen LogP contribution is -1.91. The van der Waals surface area contributed by atoms with Crippen LogP contribution in [0.2, 0.25) is 0 Å². The van der Waals surface area contributed by atoms with Crippen molar-refractivity contribution in [1.29, 1.82) is 0 Å². The van der Waals surface area contributed by atoms with E-state index in [1.165, 1.54) is 19.2 Å². The Kier molecular flexibility index (Phi) is 3.63. The van der Waals surface area contributed by atoms with Gasteiger partial charge in [0.15, 0.2) is 0 Å². The number of halogens is 1. The van der Waals surface area contributed by atoms with Crippen LogP contribution in [0.15, 0.2) is 30.3 Å². The van der Waals surface area contributed by atoms with Crippen LogP contribution in [0.4, 0.5) is 5.69 Å². The van der Waals surface area contributed by atoms with Crippen molar-refractivity contribution >= 4 is 39.6 Å². The van der Waals surface area contributed by atoms with Crippen molar-refractivity contribution in [3.63, 3.8) is 0 Å². The molecule has 17 heavy (non-hydrogen) atoms. The van der Waals surface area contributed by atoms with Gasteiger partial charge in [-0.1, -0.05) is 0 Å². The van der Waals surface area contributed by atoms with E-state index in [4.69, 9.17) is 4.74 Å². The highest BCUT2D eigenvalue weighted by atomic mass is 127. The van der Waals surface area contributed by atoms with Gasteiger partial charge in [0.25, 0.3) is 5.69 Å². The summed E-state index contributed by atoms with van der Waals surface area (Å²) in [5.74, 6) is 0.525. The molecule has 1 heterocycles. The molecule has 0 unspecified atom stereocenters. The molecule has 0 saturated heterocycles. The minimum absolute atomic E-state index is 0.0388. The summed E-state index contributed by atoms with van der Waals surface area (Å²) < 4.78 is 6.36.